The molecule has 0 unspecified atom stereocenters. The van der Waals surface area contributed by atoms with E-state index in [0.29, 0.717) is 36.4 Å². The zero-order valence-electron chi connectivity index (χ0n) is 16.4. The molecule has 0 spiro atoms. The molecule has 0 atom stereocenters. The number of carbonyl (C=O) groups excluding carboxylic acids is 2. The molecule has 3 N–H and O–H groups in total. The van der Waals surface area contributed by atoms with Crippen molar-refractivity contribution in [3.05, 3.63) is 54.1 Å². The lowest BCUT2D eigenvalue weighted by molar-refractivity contribution is -0.115. The Morgan fingerprint density at radius 1 is 1.00 bits per heavy atom. The van der Waals surface area contributed by atoms with Gasteiger partial charge in [0.05, 0.1) is 4.90 Å². The fraction of sp³-hybridized carbons (Fsp3) is 0.300. The van der Waals surface area contributed by atoms with E-state index in [1.54, 1.807) is 38.3 Å². The van der Waals surface area contributed by atoms with Gasteiger partial charge in [0.2, 0.25) is 15.9 Å². The Morgan fingerprint density at radius 2 is 1.72 bits per heavy atom. The Labute approximate surface area is 170 Å². The van der Waals surface area contributed by atoms with Crippen LogP contribution in [0.4, 0.5) is 11.4 Å². The van der Waals surface area contributed by atoms with E-state index in [1.807, 2.05) is 0 Å². The highest BCUT2D eigenvalue weighted by molar-refractivity contribution is 7.89. The number of anilines is 2. The average Bonchev–Trinajstić information content (AvgIpc) is 2.71. The first-order valence-corrected chi connectivity index (χ1v) is 10.6. The van der Waals surface area contributed by atoms with E-state index in [9.17, 15) is 18.0 Å². The maximum absolute atomic E-state index is 12.4. The molecule has 2 amide bonds. The van der Waals surface area contributed by atoms with Gasteiger partial charge in [0, 0.05) is 43.6 Å². The molecule has 8 nitrogen and oxygen atoms in total. The van der Waals surface area contributed by atoms with Crippen LogP contribution < -0.4 is 15.4 Å². The molecule has 0 fully saturated rings. The summed E-state index contributed by atoms with van der Waals surface area (Å²) in [6.07, 6.45) is 0.911. The Bertz CT molecular complexity index is 943. The zero-order chi connectivity index (χ0) is 21.3. The molecule has 156 valence electrons. The Kier molecular flexibility index (Phi) is 8.32. The summed E-state index contributed by atoms with van der Waals surface area (Å²) in [6, 6.07) is 12.5. The van der Waals surface area contributed by atoms with Crippen molar-refractivity contribution < 1.29 is 22.7 Å². The van der Waals surface area contributed by atoms with E-state index < -0.39 is 10.0 Å². The Hall–Kier alpha value is -2.75. The third-order valence-corrected chi connectivity index (χ3v) is 5.45. The van der Waals surface area contributed by atoms with Gasteiger partial charge in [0.1, 0.15) is 0 Å². The summed E-state index contributed by atoms with van der Waals surface area (Å²) < 4.78 is 31.8. The minimum Gasteiger partial charge on any atom is -0.385 e. The van der Waals surface area contributed by atoms with Crippen molar-refractivity contribution in [1.29, 1.82) is 0 Å². The fourth-order valence-electron chi connectivity index (χ4n) is 2.41. The summed E-state index contributed by atoms with van der Waals surface area (Å²) in [7, 11) is -2.06. The maximum Gasteiger partial charge on any atom is 0.255 e. The molecule has 2 aromatic rings. The molecule has 9 heteroatoms. The van der Waals surface area contributed by atoms with Gasteiger partial charge in [0.25, 0.3) is 5.91 Å². The van der Waals surface area contributed by atoms with Crippen LogP contribution in [0.1, 0.15) is 30.1 Å². The lowest BCUT2D eigenvalue weighted by Gasteiger charge is -2.10. The van der Waals surface area contributed by atoms with E-state index >= 15 is 0 Å². The van der Waals surface area contributed by atoms with Crippen molar-refractivity contribution >= 4 is 33.2 Å². The number of nitrogens with one attached hydrogen (secondary N) is 3. The second-order valence-electron chi connectivity index (χ2n) is 6.21. The molecule has 0 saturated heterocycles. The minimum atomic E-state index is -3.62. The van der Waals surface area contributed by atoms with Crippen LogP contribution in [-0.4, -0.2) is 40.5 Å². The number of hydrogen-bond donors (Lipinski definition) is 3. The smallest absolute Gasteiger partial charge is 0.255 e. The standard InChI is InChI=1S/C20H25N3O5S/c1-3-19(24)22-17-7-4-6-15(14-17)20(25)23-16-8-10-18(11-9-16)29(26,27)21-12-5-13-28-2/h4,6-11,14,21H,3,5,12-13H2,1-2H3,(H,22,24)(H,23,25). The summed E-state index contributed by atoms with van der Waals surface area (Å²) in [6.45, 7) is 2.49. The molecule has 0 radical (unpaired) electrons. The number of sulfonamides is 1. The lowest BCUT2D eigenvalue weighted by atomic mass is 10.1. The highest BCUT2D eigenvalue weighted by atomic mass is 32.2. The van der Waals surface area contributed by atoms with Gasteiger partial charge in [-0.2, -0.15) is 0 Å². The summed E-state index contributed by atoms with van der Waals surface area (Å²) in [5, 5.41) is 5.41. The number of amides is 2. The lowest BCUT2D eigenvalue weighted by Crippen LogP contribution is -2.25. The highest BCUT2D eigenvalue weighted by Crippen LogP contribution is 2.16. The minimum absolute atomic E-state index is 0.109. The average molecular weight is 420 g/mol. The van der Waals surface area contributed by atoms with Crippen molar-refractivity contribution in [2.24, 2.45) is 0 Å². The monoisotopic (exact) mass is 419 g/mol. The van der Waals surface area contributed by atoms with Crippen LogP contribution >= 0.6 is 0 Å². The van der Waals surface area contributed by atoms with Gasteiger partial charge in [-0.15, -0.1) is 0 Å². The third kappa shape index (κ3) is 6.97. The Balaban J connectivity index is 2.01. The van der Waals surface area contributed by atoms with Gasteiger partial charge in [0.15, 0.2) is 0 Å². The largest absolute Gasteiger partial charge is 0.385 e. The van der Waals surface area contributed by atoms with Gasteiger partial charge in [-0.3, -0.25) is 9.59 Å². The normalized spacial score (nSPS) is 11.1. The first-order chi connectivity index (χ1) is 13.9. The number of carbonyl (C=O) groups is 2. The molecule has 2 rings (SSSR count). The first-order valence-electron chi connectivity index (χ1n) is 9.15. The molecular formula is C20H25N3O5S. The predicted octanol–water partition coefficient (Wildman–Crippen LogP) is 2.60. The molecule has 0 aromatic heterocycles. The van der Waals surface area contributed by atoms with Crippen molar-refractivity contribution in [1.82, 2.24) is 4.72 Å². The van der Waals surface area contributed by atoms with E-state index in [0.717, 1.165) is 0 Å². The van der Waals surface area contributed by atoms with Gasteiger partial charge in [-0.1, -0.05) is 13.0 Å². The number of hydrogen-bond acceptors (Lipinski definition) is 5. The van der Waals surface area contributed by atoms with Crippen molar-refractivity contribution in [2.45, 2.75) is 24.7 Å². The van der Waals surface area contributed by atoms with Crippen LogP contribution in [0.3, 0.4) is 0 Å². The van der Waals surface area contributed by atoms with Crippen molar-refractivity contribution in [2.75, 3.05) is 30.9 Å². The van der Waals surface area contributed by atoms with E-state index in [2.05, 4.69) is 15.4 Å². The van der Waals surface area contributed by atoms with Gasteiger partial charge < -0.3 is 15.4 Å². The van der Waals surface area contributed by atoms with Gasteiger partial charge >= 0.3 is 0 Å². The molecule has 0 saturated carbocycles. The molecule has 0 aliphatic heterocycles. The molecule has 0 heterocycles. The van der Waals surface area contributed by atoms with Crippen LogP contribution in [0, 0.1) is 0 Å². The quantitative estimate of drug-likeness (QED) is 0.512. The van der Waals surface area contributed by atoms with Crippen LogP contribution in [0.15, 0.2) is 53.4 Å². The summed E-state index contributed by atoms with van der Waals surface area (Å²) in [4.78, 5) is 24.0. The highest BCUT2D eigenvalue weighted by Gasteiger charge is 2.14. The zero-order valence-corrected chi connectivity index (χ0v) is 17.2. The third-order valence-electron chi connectivity index (χ3n) is 3.97. The molecule has 0 aliphatic rings. The maximum atomic E-state index is 12.4. The van der Waals surface area contributed by atoms with Gasteiger partial charge in [-0.05, 0) is 48.9 Å². The summed E-state index contributed by atoms with van der Waals surface area (Å²) >= 11 is 0. The Morgan fingerprint density at radius 3 is 2.38 bits per heavy atom. The van der Waals surface area contributed by atoms with E-state index in [-0.39, 0.29) is 23.3 Å². The van der Waals surface area contributed by atoms with E-state index in [4.69, 9.17) is 4.74 Å². The summed E-state index contributed by atoms with van der Waals surface area (Å²) in [5.74, 6) is -0.513. The molecular weight excluding hydrogens is 394 g/mol. The fourth-order valence-corrected chi connectivity index (χ4v) is 3.49. The van der Waals surface area contributed by atoms with Crippen LogP contribution in [0.25, 0.3) is 0 Å². The second-order valence-corrected chi connectivity index (χ2v) is 7.97. The van der Waals surface area contributed by atoms with Crippen molar-refractivity contribution in [3.8, 4) is 0 Å². The number of benzene rings is 2. The summed E-state index contributed by atoms with van der Waals surface area (Å²) in [5.41, 5.74) is 1.36. The van der Waals surface area contributed by atoms with Gasteiger partial charge in [-0.25, -0.2) is 13.1 Å². The second kappa shape index (κ2) is 10.7. The van der Waals surface area contributed by atoms with Crippen LogP contribution in [0.2, 0.25) is 0 Å². The molecule has 0 aliphatic carbocycles. The molecule has 0 bridgehead atoms. The first kappa shape index (κ1) is 22.5. The SMILES string of the molecule is CCC(=O)Nc1cccc(C(=O)Nc2ccc(S(=O)(=O)NCCCOC)cc2)c1. The number of ether oxygens (including phenoxy) is 1. The topological polar surface area (TPSA) is 114 Å². The molecule has 2 aromatic carbocycles. The van der Waals surface area contributed by atoms with Crippen molar-refractivity contribution in [3.63, 3.8) is 0 Å². The van der Waals surface area contributed by atoms with E-state index in [1.165, 1.54) is 24.3 Å². The predicted molar refractivity (Wildman–Crippen MR) is 111 cm³/mol. The number of methoxy groups -OCH3 is 1. The number of rotatable bonds is 10. The van der Waals surface area contributed by atoms with Crippen LogP contribution in [-0.2, 0) is 19.6 Å². The van der Waals surface area contributed by atoms with Crippen LogP contribution in [0.5, 0.6) is 0 Å². The molecule has 29 heavy (non-hydrogen) atoms.